The lowest BCUT2D eigenvalue weighted by atomic mass is 10.1. The molecule has 0 aliphatic carbocycles. The van der Waals surface area contributed by atoms with Crippen LogP contribution in [0.3, 0.4) is 0 Å². The van der Waals surface area contributed by atoms with E-state index in [9.17, 15) is 9.59 Å². The van der Waals surface area contributed by atoms with Crippen molar-refractivity contribution in [3.63, 3.8) is 0 Å². The van der Waals surface area contributed by atoms with Crippen molar-refractivity contribution in [1.29, 1.82) is 0 Å². The molecule has 1 fully saturated rings. The third kappa shape index (κ3) is 4.58. The third-order valence-electron chi connectivity index (χ3n) is 3.71. The predicted octanol–water partition coefficient (Wildman–Crippen LogP) is 5.08. The van der Waals surface area contributed by atoms with Gasteiger partial charge in [0.25, 0.3) is 11.1 Å². The Labute approximate surface area is 160 Å². The summed E-state index contributed by atoms with van der Waals surface area (Å²) in [6, 6.07) is 3.69. The van der Waals surface area contributed by atoms with E-state index in [1.807, 2.05) is 26.0 Å². The molecule has 1 heterocycles. The Hall–Kier alpha value is -1.47. The Bertz CT molecular complexity index is 705. The molecule has 2 rings (SSSR count). The summed E-state index contributed by atoms with van der Waals surface area (Å²) in [5.41, 5.74) is 0.772. The van der Waals surface area contributed by atoms with Crippen molar-refractivity contribution < 1.29 is 19.1 Å². The first-order valence-electron chi connectivity index (χ1n) is 8.29. The van der Waals surface area contributed by atoms with E-state index in [-0.39, 0.29) is 17.3 Å². The maximum Gasteiger partial charge on any atom is 0.293 e. The van der Waals surface area contributed by atoms with Crippen molar-refractivity contribution in [1.82, 2.24) is 4.90 Å². The van der Waals surface area contributed by atoms with E-state index in [0.29, 0.717) is 29.6 Å². The van der Waals surface area contributed by atoms with Gasteiger partial charge in [-0.25, -0.2) is 0 Å². The zero-order valence-corrected chi connectivity index (χ0v) is 17.2. The Morgan fingerprint density at radius 2 is 2.00 bits per heavy atom. The number of rotatable bonds is 7. The van der Waals surface area contributed by atoms with Crippen LogP contribution in [0.4, 0.5) is 4.79 Å². The number of hydrogen-bond acceptors (Lipinski definition) is 5. The van der Waals surface area contributed by atoms with Crippen LogP contribution in [-0.2, 0) is 4.79 Å². The third-order valence-corrected chi connectivity index (χ3v) is 5.21. The van der Waals surface area contributed by atoms with Crippen LogP contribution in [0.1, 0.15) is 39.7 Å². The predicted molar refractivity (Wildman–Crippen MR) is 104 cm³/mol. The highest BCUT2D eigenvalue weighted by Gasteiger charge is 2.33. The number of carbonyl (C=O) groups is 2. The molecule has 2 amide bonds. The molecular weight excluding hydrogens is 406 g/mol. The standard InChI is InChI=1S/C18H22BrNO4S/c1-5-11(4)24-16-13(19)8-12(9-14(16)23-7-3)10-15-17(21)20(6-2)18(22)25-15/h8-11H,5-7H2,1-4H3/b15-10+/t11-/m1/s1. The zero-order chi connectivity index (χ0) is 18.6. The fourth-order valence-corrected chi connectivity index (χ4v) is 3.71. The van der Waals surface area contributed by atoms with Gasteiger partial charge in [-0.2, -0.15) is 0 Å². The quantitative estimate of drug-likeness (QED) is 0.567. The minimum atomic E-state index is -0.258. The van der Waals surface area contributed by atoms with Crippen LogP contribution in [0, 0.1) is 0 Å². The molecule has 1 aliphatic rings. The first-order valence-corrected chi connectivity index (χ1v) is 9.90. The molecule has 0 saturated carbocycles. The molecule has 25 heavy (non-hydrogen) atoms. The van der Waals surface area contributed by atoms with E-state index in [1.54, 1.807) is 13.0 Å². The molecule has 0 aromatic heterocycles. The molecule has 5 nitrogen and oxygen atoms in total. The number of nitrogens with zero attached hydrogens (tertiary/aromatic N) is 1. The zero-order valence-electron chi connectivity index (χ0n) is 14.8. The van der Waals surface area contributed by atoms with Crippen molar-refractivity contribution in [3.8, 4) is 11.5 Å². The maximum atomic E-state index is 12.2. The molecular formula is C18H22BrNO4S. The fraction of sp³-hybridized carbons (Fsp3) is 0.444. The summed E-state index contributed by atoms with van der Waals surface area (Å²) >= 11 is 4.48. The number of benzene rings is 1. The van der Waals surface area contributed by atoms with Crippen LogP contribution in [0.5, 0.6) is 11.5 Å². The number of imide groups is 1. The summed E-state index contributed by atoms with van der Waals surface area (Å²) in [6.45, 7) is 8.61. The van der Waals surface area contributed by atoms with Gasteiger partial charge < -0.3 is 9.47 Å². The first-order chi connectivity index (χ1) is 11.9. The number of hydrogen-bond donors (Lipinski definition) is 0. The second-order valence-corrected chi connectivity index (χ2v) is 7.37. The summed E-state index contributed by atoms with van der Waals surface area (Å²) < 4.78 is 12.4. The molecule has 0 bridgehead atoms. The SMILES string of the molecule is CCOc1cc(/C=C2/SC(=O)N(CC)C2=O)cc(Br)c1O[C@H](C)CC. The molecule has 7 heteroatoms. The molecule has 1 aromatic rings. The van der Waals surface area contributed by atoms with Gasteiger partial charge >= 0.3 is 0 Å². The largest absolute Gasteiger partial charge is 0.490 e. The van der Waals surface area contributed by atoms with E-state index in [4.69, 9.17) is 9.47 Å². The van der Waals surface area contributed by atoms with E-state index < -0.39 is 0 Å². The van der Waals surface area contributed by atoms with E-state index >= 15 is 0 Å². The summed E-state index contributed by atoms with van der Waals surface area (Å²) in [4.78, 5) is 25.7. The second-order valence-electron chi connectivity index (χ2n) is 5.53. The molecule has 0 radical (unpaired) electrons. The van der Waals surface area contributed by atoms with Crippen molar-refractivity contribution >= 4 is 44.9 Å². The van der Waals surface area contributed by atoms with Gasteiger partial charge in [0.05, 0.1) is 22.1 Å². The molecule has 0 N–H and O–H groups in total. The molecule has 0 spiro atoms. The maximum absolute atomic E-state index is 12.2. The van der Waals surface area contributed by atoms with Crippen molar-refractivity contribution in [2.75, 3.05) is 13.2 Å². The number of likely N-dealkylation sites (N-methyl/N-ethyl adjacent to an activating group) is 1. The van der Waals surface area contributed by atoms with Crippen LogP contribution in [0.2, 0.25) is 0 Å². The lowest BCUT2D eigenvalue weighted by Gasteiger charge is -2.18. The summed E-state index contributed by atoms with van der Waals surface area (Å²) in [5, 5.41) is -0.237. The van der Waals surface area contributed by atoms with E-state index in [2.05, 4.69) is 22.9 Å². The molecule has 1 saturated heterocycles. The van der Waals surface area contributed by atoms with Gasteiger partial charge in [0.15, 0.2) is 11.5 Å². The monoisotopic (exact) mass is 427 g/mol. The average molecular weight is 428 g/mol. The van der Waals surface area contributed by atoms with Crippen LogP contribution in [0.25, 0.3) is 6.08 Å². The Morgan fingerprint density at radius 3 is 2.56 bits per heavy atom. The summed E-state index contributed by atoms with van der Waals surface area (Å²) in [6.07, 6.45) is 2.65. The lowest BCUT2D eigenvalue weighted by molar-refractivity contribution is -0.122. The van der Waals surface area contributed by atoms with Crippen LogP contribution in [-0.4, -0.2) is 35.3 Å². The molecule has 1 aromatic carbocycles. The van der Waals surface area contributed by atoms with Crippen molar-refractivity contribution in [2.24, 2.45) is 0 Å². The van der Waals surface area contributed by atoms with Gasteiger partial charge in [-0.1, -0.05) is 6.92 Å². The number of halogens is 1. The topological polar surface area (TPSA) is 55.8 Å². The normalized spacial score (nSPS) is 17.3. The second kappa shape index (κ2) is 8.76. The van der Waals surface area contributed by atoms with E-state index in [1.165, 1.54) is 4.90 Å². The van der Waals surface area contributed by atoms with Crippen LogP contribution in [0.15, 0.2) is 21.5 Å². The first kappa shape index (κ1) is 19.8. The van der Waals surface area contributed by atoms with Gasteiger partial charge in [-0.15, -0.1) is 0 Å². The Kier molecular flexibility index (Phi) is 6.95. The number of carbonyl (C=O) groups excluding carboxylic acids is 2. The Balaban J connectivity index is 2.38. The highest BCUT2D eigenvalue weighted by Crippen LogP contribution is 2.40. The molecule has 1 aliphatic heterocycles. The van der Waals surface area contributed by atoms with Crippen molar-refractivity contribution in [3.05, 3.63) is 27.1 Å². The fourth-order valence-electron chi connectivity index (χ4n) is 2.26. The molecule has 0 unspecified atom stereocenters. The number of amides is 2. The van der Waals surface area contributed by atoms with Gasteiger partial charge in [0.1, 0.15) is 0 Å². The van der Waals surface area contributed by atoms with Crippen LogP contribution >= 0.6 is 27.7 Å². The molecule has 136 valence electrons. The Morgan fingerprint density at radius 1 is 1.28 bits per heavy atom. The summed E-state index contributed by atoms with van der Waals surface area (Å²) in [5.74, 6) is 1.000. The number of ether oxygens (including phenoxy) is 2. The van der Waals surface area contributed by atoms with Gasteiger partial charge in [0, 0.05) is 6.54 Å². The highest BCUT2D eigenvalue weighted by molar-refractivity contribution is 9.10. The van der Waals surface area contributed by atoms with Gasteiger partial charge in [-0.05, 0) is 78.7 Å². The van der Waals surface area contributed by atoms with Crippen LogP contribution < -0.4 is 9.47 Å². The van der Waals surface area contributed by atoms with E-state index in [0.717, 1.165) is 28.2 Å². The van der Waals surface area contributed by atoms with Gasteiger partial charge in [0.2, 0.25) is 0 Å². The minimum absolute atomic E-state index is 0.0578. The smallest absolute Gasteiger partial charge is 0.293 e. The van der Waals surface area contributed by atoms with Gasteiger partial charge in [-0.3, -0.25) is 14.5 Å². The number of thioether (sulfide) groups is 1. The summed E-state index contributed by atoms with van der Waals surface area (Å²) in [7, 11) is 0. The minimum Gasteiger partial charge on any atom is -0.490 e. The molecule has 1 atom stereocenters. The average Bonchev–Trinajstić information content (AvgIpc) is 2.84. The lowest BCUT2D eigenvalue weighted by Crippen LogP contribution is -2.27. The highest BCUT2D eigenvalue weighted by atomic mass is 79.9. The van der Waals surface area contributed by atoms with Crippen molar-refractivity contribution in [2.45, 2.75) is 40.2 Å².